The molecule has 27 heavy (non-hydrogen) atoms. The first-order valence-corrected chi connectivity index (χ1v) is 8.54. The molecule has 0 radical (unpaired) electrons. The van der Waals surface area contributed by atoms with Gasteiger partial charge >= 0.3 is 5.97 Å². The normalized spacial score (nSPS) is 11.2. The first kappa shape index (κ1) is 16.9. The Hall–Kier alpha value is -3.54. The summed E-state index contributed by atoms with van der Waals surface area (Å²) in [6, 6.07) is 15.6. The molecule has 0 spiro atoms. The number of methoxy groups -OCH3 is 1. The Morgan fingerprint density at radius 2 is 1.89 bits per heavy atom. The number of aromatic nitrogens is 2. The molecule has 0 atom stereocenters. The largest absolute Gasteiger partial charge is 0.497 e. The maximum Gasteiger partial charge on any atom is 0.339 e. The summed E-state index contributed by atoms with van der Waals surface area (Å²) >= 11 is 0. The van der Waals surface area contributed by atoms with Crippen LogP contribution in [-0.2, 0) is 6.54 Å². The van der Waals surface area contributed by atoms with Gasteiger partial charge in [0.25, 0.3) is 0 Å². The van der Waals surface area contributed by atoms with Crippen LogP contribution in [0.2, 0.25) is 0 Å². The molecule has 2 heterocycles. The van der Waals surface area contributed by atoms with Crippen LogP contribution < -0.4 is 10.5 Å². The molecule has 0 saturated carbocycles. The van der Waals surface area contributed by atoms with Crippen LogP contribution in [0.4, 0.5) is 5.69 Å². The van der Waals surface area contributed by atoms with Crippen molar-refractivity contribution in [3.63, 3.8) is 0 Å². The summed E-state index contributed by atoms with van der Waals surface area (Å²) in [6.45, 7) is 2.26. The Kier molecular flexibility index (Phi) is 3.96. The standard InChI is InChI=1S/C21H19N3O3/c1-12-17(21(25)26)19(22)18-15-5-3-4-6-16(15)24(20(18)23-12)11-13-7-9-14(27-2)10-8-13/h3-10H,11H2,1-2H3,(H2,22,23)(H,25,26). The number of hydrogen-bond acceptors (Lipinski definition) is 4. The van der Waals surface area contributed by atoms with Gasteiger partial charge in [0, 0.05) is 11.9 Å². The summed E-state index contributed by atoms with van der Waals surface area (Å²) < 4.78 is 7.29. The highest BCUT2D eigenvalue weighted by atomic mass is 16.5. The van der Waals surface area contributed by atoms with Crippen molar-refractivity contribution in [2.75, 3.05) is 12.8 Å². The summed E-state index contributed by atoms with van der Waals surface area (Å²) in [6.07, 6.45) is 0. The molecule has 3 N–H and O–H groups in total. The van der Waals surface area contributed by atoms with E-state index in [-0.39, 0.29) is 11.3 Å². The van der Waals surface area contributed by atoms with Gasteiger partial charge < -0.3 is 20.1 Å². The lowest BCUT2D eigenvalue weighted by atomic mass is 10.1. The van der Waals surface area contributed by atoms with Crippen molar-refractivity contribution in [3.8, 4) is 5.75 Å². The number of carbonyl (C=O) groups is 1. The van der Waals surface area contributed by atoms with E-state index in [1.165, 1.54) is 0 Å². The van der Waals surface area contributed by atoms with Gasteiger partial charge in [0.15, 0.2) is 0 Å². The fourth-order valence-electron chi connectivity index (χ4n) is 3.55. The van der Waals surface area contributed by atoms with Crippen LogP contribution >= 0.6 is 0 Å². The summed E-state index contributed by atoms with van der Waals surface area (Å²) in [5.41, 5.74) is 9.74. The topological polar surface area (TPSA) is 90.4 Å². The van der Waals surface area contributed by atoms with Crippen LogP contribution in [0.3, 0.4) is 0 Å². The second-order valence-electron chi connectivity index (χ2n) is 6.44. The van der Waals surface area contributed by atoms with Crippen molar-refractivity contribution in [2.24, 2.45) is 0 Å². The zero-order chi connectivity index (χ0) is 19.1. The van der Waals surface area contributed by atoms with E-state index in [1.54, 1.807) is 14.0 Å². The smallest absolute Gasteiger partial charge is 0.339 e. The SMILES string of the molecule is COc1ccc(Cn2c3ccccc3c3c(N)c(C(=O)O)c(C)nc32)cc1. The molecule has 4 aromatic rings. The van der Waals surface area contributed by atoms with Crippen LogP contribution in [0, 0.1) is 6.92 Å². The van der Waals surface area contributed by atoms with E-state index in [4.69, 9.17) is 10.5 Å². The van der Waals surface area contributed by atoms with Crippen molar-refractivity contribution in [3.05, 3.63) is 65.4 Å². The van der Waals surface area contributed by atoms with E-state index in [1.807, 2.05) is 48.5 Å². The summed E-state index contributed by atoms with van der Waals surface area (Å²) in [5.74, 6) is -0.267. The zero-order valence-corrected chi connectivity index (χ0v) is 15.1. The number of ether oxygens (including phenoxy) is 1. The predicted molar refractivity (Wildman–Crippen MR) is 105 cm³/mol. The molecular weight excluding hydrogens is 342 g/mol. The van der Waals surface area contributed by atoms with Gasteiger partial charge in [0.05, 0.1) is 29.4 Å². The third-order valence-electron chi connectivity index (χ3n) is 4.83. The van der Waals surface area contributed by atoms with E-state index in [2.05, 4.69) is 9.55 Å². The van der Waals surface area contributed by atoms with Gasteiger partial charge in [-0.05, 0) is 30.7 Å². The lowest BCUT2D eigenvalue weighted by molar-refractivity contribution is 0.0697. The molecule has 0 bridgehead atoms. The van der Waals surface area contributed by atoms with Crippen molar-refractivity contribution in [1.29, 1.82) is 0 Å². The minimum atomic E-state index is -1.06. The molecule has 136 valence electrons. The highest BCUT2D eigenvalue weighted by Crippen LogP contribution is 2.35. The summed E-state index contributed by atoms with van der Waals surface area (Å²) in [7, 11) is 1.64. The van der Waals surface area contributed by atoms with E-state index in [0.29, 0.717) is 23.3 Å². The number of carboxylic acids is 1. The number of aryl methyl sites for hydroxylation is 1. The van der Waals surface area contributed by atoms with E-state index in [0.717, 1.165) is 22.2 Å². The molecule has 0 aliphatic rings. The minimum Gasteiger partial charge on any atom is -0.497 e. The predicted octanol–water partition coefficient (Wildman–Crippen LogP) is 3.84. The molecule has 4 rings (SSSR count). The van der Waals surface area contributed by atoms with Crippen molar-refractivity contribution in [2.45, 2.75) is 13.5 Å². The number of carboxylic acid groups (broad SMARTS) is 1. The number of fused-ring (bicyclic) bond motifs is 3. The van der Waals surface area contributed by atoms with E-state index < -0.39 is 5.97 Å². The highest BCUT2D eigenvalue weighted by Gasteiger charge is 2.21. The van der Waals surface area contributed by atoms with Crippen LogP contribution in [0.25, 0.3) is 21.9 Å². The molecule has 0 aliphatic carbocycles. The van der Waals surface area contributed by atoms with Gasteiger partial charge in [-0.3, -0.25) is 0 Å². The third kappa shape index (κ3) is 2.66. The highest BCUT2D eigenvalue weighted by molar-refractivity contribution is 6.16. The first-order chi connectivity index (χ1) is 13.0. The Bertz CT molecular complexity index is 1180. The van der Waals surface area contributed by atoms with Crippen LogP contribution in [0.1, 0.15) is 21.6 Å². The monoisotopic (exact) mass is 361 g/mol. The summed E-state index contributed by atoms with van der Waals surface area (Å²) in [4.78, 5) is 16.2. The number of hydrogen-bond donors (Lipinski definition) is 2. The number of nitrogens with two attached hydrogens (primary N) is 1. The zero-order valence-electron chi connectivity index (χ0n) is 15.1. The Labute approximate surface area is 155 Å². The Balaban J connectivity index is 1.99. The van der Waals surface area contributed by atoms with Crippen LogP contribution in [-0.4, -0.2) is 27.7 Å². The van der Waals surface area contributed by atoms with Crippen LogP contribution in [0.15, 0.2) is 48.5 Å². The number of benzene rings is 2. The van der Waals surface area contributed by atoms with E-state index in [9.17, 15) is 9.90 Å². The van der Waals surface area contributed by atoms with Gasteiger partial charge in [-0.2, -0.15) is 0 Å². The molecule has 2 aromatic carbocycles. The molecule has 0 amide bonds. The molecule has 0 unspecified atom stereocenters. The number of rotatable bonds is 4. The average molecular weight is 361 g/mol. The fraction of sp³-hybridized carbons (Fsp3) is 0.143. The van der Waals surface area contributed by atoms with Crippen LogP contribution in [0.5, 0.6) is 5.75 Å². The molecular formula is C21H19N3O3. The number of pyridine rings is 1. The molecule has 2 aromatic heterocycles. The quantitative estimate of drug-likeness (QED) is 0.576. The number of nitrogens with zero attached hydrogens (tertiary/aromatic N) is 2. The van der Waals surface area contributed by atoms with Gasteiger partial charge in [0.2, 0.25) is 0 Å². The summed E-state index contributed by atoms with van der Waals surface area (Å²) in [5, 5.41) is 11.1. The fourth-order valence-corrected chi connectivity index (χ4v) is 3.55. The van der Waals surface area contributed by atoms with Gasteiger partial charge in [-0.25, -0.2) is 9.78 Å². The maximum atomic E-state index is 11.6. The number of para-hydroxylation sites is 1. The maximum absolute atomic E-state index is 11.6. The lowest BCUT2D eigenvalue weighted by Crippen LogP contribution is -2.09. The number of nitrogen functional groups attached to an aromatic ring is 1. The molecule has 0 aliphatic heterocycles. The van der Waals surface area contributed by atoms with Gasteiger partial charge in [-0.15, -0.1) is 0 Å². The minimum absolute atomic E-state index is 0.0647. The first-order valence-electron chi connectivity index (χ1n) is 8.54. The second-order valence-corrected chi connectivity index (χ2v) is 6.44. The molecule has 0 saturated heterocycles. The second kappa shape index (κ2) is 6.32. The lowest BCUT2D eigenvalue weighted by Gasteiger charge is -2.10. The third-order valence-corrected chi connectivity index (χ3v) is 4.83. The van der Waals surface area contributed by atoms with Gasteiger partial charge in [-0.1, -0.05) is 30.3 Å². The van der Waals surface area contributed by atoms with Crippen molar-refractivity contribution >= 4 is 33.6 Å². The van der Waals surface area contributed by atoms with Gasteiger partial charge in [0.1, 0.15) is 17.0 Å². The molecule has 6 nitrogen and oxygen atoms in total. The molecule has 0 fully saturated rings. The Morgan fingerprint density at radius 1 is 1.19 bits per heavy atom. The molecule has 6 heteroatoms. The average Bonchev–Trinajstić information content (AvgIpc) is 2.96. The number of aromatic carboxylic acids is 1. The van der Waals surface area contributed by atoms with Crippen molar-refractivity contribution in [1.82, 2.24) is 9.55 Å². The Morgan fingerprint density at radius 3 is 2.56 bits per heavy atom. The number of anilines is 1. The van der Waals surface area contributed by atoms with Crippen molar-refractivity contribution < 1.29 is 14.6 Å². The van der Waals surface area contributed by atoms with E-state index >= 15 is 0 Å².